The number of aliphatic imine (C=N–C) groups is 1. The SMILES string of the molecule is CN=C(NCCCc1ccc(N(C)C)cc1)NCC(c1ccco1)N1CCCC1.I. The van der Waals surface area contributed by atoms with Crippen LogP contribution in [0.4, 0.5) is 5.69 Å². The van der Waals surface area contributed by atoms with Crippen LogP contribution in [0.3, 0.4) is 0 Å². The number of likely N-dealkylation sites (tertiary alicyclic amines) is 1. The average molecular weight is 525 g/mol. The maximum atomic E-state index is 5.70. The minimum atomic E-state index is 0. The lowest BCUT2D eigenvalue weighted by atomic mass is 10.1. The Morgan fingerprint density at radius 3 is 2.47 bits per heavy atom. The predicted molar refractivity (Wildman–Crippen MR) is 136 cm³/mol. The molecular weight excluding hydrogens is 489 g/mol. The third-order valence-corrected chi connectivity index (χ3v) is 5.53. The second-order valence-corrected chi connectivity index (χ2v) is 7.82. The van der Waals surface area contributed by atoms with Gasteiger partial charge in [-0.25, -0.2) is 0 Å². The summed E-state index contributed by atoms with van der Waals surface area (Å²) in [6.07, 6.45) is 6.41. The van der Waals surface area contributed by atoms with E-state index in [9.17, 15) is 0 Å². The number of hydrogen-bond acceptors (Lipinski definition) is 4. The first-order valence-corrected chi connectivity index (χ1v) is 10.7. The van der Waals surface area contributed by atoms with Crippen molar-refractivity contribution in [2.24, 2.45) is 4.99 Å². The van der Waals surface area contributed by atoms with E-state index in [1.807, 2.05) is 13.1 Å². The Hall–Kier alpha value is -1.74. The normalized spacial score (nSPS) is 15.5. The van der Waals surface area contributed by atoms with Gasteiger partial charge < -0.3 is 20.0 Å². The van der Waals surface area contributed by atoms with Crippen molar-refractivity contribution in [1.29, 1.82) is 0 Å². The quantitative estimate of drug-likeness (QED) is 0.225. The molecule has 1 unspecified atom stereocenters. The highest BCUT2D eigenvalue weighted by atomic mass is 127. The summed E-state index contributed by atoms with van der Waals surface area (Å²) in [5, 5.41) is 6.93. The smallest absolute Gasteiger partial charge is 0.191 e. The molecule has 7 heteroatoms. The zero-order chi connectivity index (χ0) is 20.5. The van der Waals surface area contributed by atoms with Gasteiger partial charge in [-0.15, -0.1) is 24.0 Å². The largest absolute Gasteiger partial charge is 0.468 e. The highest BCUT2D eigenvalue weighted by Crippen LogP contribution is 2.24. The van der Waals surface area contributed by atoms with Crippen molar-refractivity contribution in [2.45, 2.75) is 31.7 Å². The van der Waals surface area contributed by atoms with Gasteiger partial charge in [0.1, 0.15) is 5.76 Å². The molecule has 2 heterocycles. The van der Waals surface area contributed by atoms with Crippen molar-refractivity contribution in [3.8, 4) is 0 Å². The fraction of sp³-hybridized carbons (Fsp3) is 0.522. The van der Waals surface area contributed by atoms with Crippen LogP contribution in [-0.2, 0) is 6.42 Å². The van der Waals surface area contributed by atoms with E-state index >= 15 is 0 Å². The van der Waals surface area contributed by atoms with Crippen LogP contribution in [0.5, 0.6) is 0 Å². The Morgan fingerprint density at radius 2 is 1.87 bits per heavy atom. The van der Waals surface area contributed by atoms with Gasteiger partial charge in [-0.2, -0.15) is 0 Å². The Labute approximate surface area is 198 Å². The van der Waals surface area contributed by atoms with Gasteiger partial charge in [0.2, 0.25) is 0 Å². The Balaban J connectivity index is 0.00000320. The molecule has 2 N–H and O–H groups in total. The van der Waals surface area contributed by atoms with Crippen LogP contribution in [0, 0.1) is 0 Å². The highest BCUT2D eigenvalue weighted by Gasteiger charge is 2.25. The summed E-state index contributed by atoms with van der Waals surface area (Å²) in [4.78, 5) is 9.00. The first-order chi connectivity index (χ1) is 14.2. The molecule has 1 atom stereocenters. The van der Waals surface area contributed by atoms with E-state index in [2.05, 4.69) is 69.9 Å². The molecular formula is C23H36IN5O. The van der Waals surface area contributed by atoms with E-state index in [-0.39, 0.29) is 30.0 Å². The molecule has 30 heavy (non-hydrogen) atoms. The summed E-state index contributed by atoms with van der Waals surface area (Å²) >= 11 is 0. The van der Waals surface area contributed by atoms with E-state index < -0.39 is 0 Å². The fourth-order valence-electron chi connectivity index (χ4n) is 3.82. The van der Waals surface area contributed by atoms with Crippen molar-refractivity contribution < 1.29 is 4.42 Å². The maximum Gasteiger partial charge on any atom is 0.191 e. The lowest BCUT2D eigenvalue weighted by Gasteiger charge is -2.26. The van der Waals surface area contributed by atoms with Gasteiger partial charge in [-0.3, -0.25) is 9.89 Å². The van der Waals surface area contributed by atoms with Gasteiger partial charge in [0.25, 0.3) is 0 Å². The monoisotopic (exact) mass is 525 g/mol. The van der Waals surface area contributed by atoms with E-state index in [0.717, 1.165) is 50.7 Å². The van der Waals surface area contributed by atoms with Crippen LogP contribution in [0.15, 0.2) is 52.1 Å². The number of nitrogens with zero attached hydrogens (tertiary/aromatic N) is 3. The molecule has 1 saturated heterocycles. The number of rotatable bonds is 9. The van der Waals surface area contributed by atoms with Gasteiger partial charge >= 0.3 is 0 Å². The molecule has 1 aliphatic heterocycles. The second-order valence-electron chi connectivity index (χ2n) is 7.82. The standard InChI is InChI=1S/C23H35N5O.HI/c1-24-23(25-14-6-8-19-10-12-20(13-11-19)27(2)3)26-18-21(22-9-7-17-29-22)28-15-4-5-16-28;/h7,9-13,17,21H,4-6,8,14-16,18H2,1-3H3,(H2,24,25,26);1H. The van der Waals surface area contributed by atoms with Crippen molar-refractivity contribution >= 4 is 35.6 Å². The van der Waals surface area contributed by atoms with Crippen LogP contribution in [0.2, 0.25) is 0 Å². The molecule has 1 fully saturated rings. The number of hydrogen-bond donors (Lipinski definition) is 2. The predicted octanol–water partition coefficient (Wildman–Crippen LogP) is 3.90. The number of aryl methyl sites for hydroxylation is 1. The average Bonchev–Trinajstić information content (AvgIpc) is 3.45. The molecule has 0 radical (unpaired) electrons. The minimum Gasteiger partial charge on any atom is -0.468 e. The lowest BCUT2D eigenvalue weighted by Crippen LogP contribution is -2.42. The summed E-state index contributed by atoms with van der Waals surface area (Å²) in [7, 11) is 5.96. The molecule has 166 valence electrons. The number of halogens is 1. The second kappa shape index (κ2) is 12.8. The van der Waals surface area contributed by atoms with Gasteiger partial charge in [-0.05, 0) is 68.6 Å². The van der Waals surface area contributed by atoms with Gasteiger partial charge in [0.05, 0.1) is 12.3 Å². The number of anilines is 1. The third kappa shape index (κ3) is 7.19. The first kappa shape index (κ1) is 24.5. The molecule has 1 aromatic heterocycles. The van der Waals surface area contributed by atoms with Gasteiger partial charge in [0.15, 0.2) is 5.96 Å². The molecule has 0 aliphatic carbocycles. The zero-order valence-corrected chi connectivity index (χ0v) is 20.8. The number of nitrogens with one attached hydrogen (secondary N) is 2. The summed E-state index contributed by atoms with van der Waals surface area (Å²) in [5.74, 6) is 1.87. The third-order valence-electron chi connectivity index (χ3n) is 5.53. The van der Waals surface area contributed by atoms with Crippen molar-refractivity contribution in [2.75, 3.05) is 52.2 Å². The summed E-state index contributed by atoms with van der Waals surface area (Å²) < 4.78 is 5.70. The summed E-state index contributed by atoms with van der Waals surface area (Å²) in [6, 6.07) is 13.1. The van der Waals surface area contributed by atoms with E-state index in [1.165, 1.54) is 24.1 Å². The molecule has 3 rings (SSSR count). The first-order valence-electron chi connectivity index (χ1n) is 10.7. The van der Waals surface area contributed by atoms with E-state index in [1.54, 1.807) is 6.26 Å². The Morgan fingerprint density at radius 1 is 1.13 bits per heavy atom. The topological polar surface area (TPSA) is 56.0 Å². The van der Waals surface area contributed by atoms with Crippen molar-refractivity contribution in [3.05, 3.63) is 54.0 Å². The molecule has 1 aromatic carbocycles. The molecule has 0 spiro atoms. The molecule has 0 saturated carbocycles. The van der Waals surface area contributed by atoms with Gasteiger partial charge in [0, 0.05) is 39.9 Å². The van der Waals surface area contributed by atoms with Crippen LogP contribution < -0.4 is 15.5 Å². The zero-order valence-electron chi connectivity index (χ0n) is 18.4. The number of furan rings is 1. The van der Waals surface area contributed by atoms with Crippen LogP contribution in [-0.4, -0.2) is 58.2 Å². The fourth-order valence-corrected chi connectivity index (χ4v) is 3.82. The molecule has 0 amide bonds. The number of guanidine groups is 1. The molecule has 1 aliphatic rings. The van der Waals surface area contributed by atoms with Crippen LogP contribution >= 0.6 is 24.0 Å². The van der Waals surface area contributed by atoms with E-state index in [4.69, 9.17) is 4.42 Å². The van der Waals surface area contributed by atoms with Crippen LogP contribution in [0.25, 0.3) is 0 Å². The highest BCUT2D eigenvalue weighted by molar-refractivity contribution is 14.0. The van der Waals surface area contributed by atoms with Crippen LogP contribution in [0.1, 0.15) is 36.6 Å². The summed E-state index contributed by atoms with van der Waals surface area (Å²) in [6.45, 7) is 3.95. The molecule has 6 nitrogen and oxygen atoms in total. The number of benzene rings is 1. The van der Waals surface area contributed by atoms with Gasteiger partial charge in [-0.1, -0.05) is 12.1 Å². The molecule has 0 bridgehead atoms. The Bertz CT molecular complexity index is 739. The Kier molecular flexibility index (Phi) is 10.5. The molecule has 2 aromatic rings. The van der Waals surface area contributed by atoms with Crippen molar-refractivity contribution in [3.63, 3.8) is 0 Å². The van der Waals surface area contributed by atoms with E-state index in [0.29, 0.717) is 0 Å². The maximum absolute atomic E-state index is 5.70. The lowest BCUT2D eigenvalue weighted by molar-refractivity contribution is 0.215. The van der Waals surface area contributed by atoms with Crippen molar-refractivity contribution in [1.82, 2.24) is 15.5 Å². The summed E-state index contributed by atoms with van der Waals surface area (Å²) in [5.41, 5.74) is 2.60. The minimum absolute atomic E-state index is 0.